The minimum absolute atomic E-state index is 0.0129. The molecule has 124 valence electrons. The van der Waals surface area contributed by atoms with Gasteiger partial charge in [-0.05, 0) is 32.1 Å². The van der Waals surface area contributed by atoms with E-state index in [2.05, 4.69) is 15.5 Å². The second-order valence-electron chi connectivity index (χ2n) is 5.55. The lowest BCUT2D eigenvalue weighted by Crippen LogP contribution is -2.36. The molecule has 0 aliphatic heterocycles. The number of hydrogen-bond donors (Lipinski definition) is 2. The number of amides is 1. The first-order valence-corrected chi connectivity index (χ1v) is 7.92. The number of aromatic amines is 1. The fourth-order valence-corrected chi connectivity index (χ4v) is 2.61. The Hall–Kier alpha value is -1.99. The number of nitrogens with zero attached hydrogens (tertiary/aromatic N) is 2. The largest absolute Gasteiger partial charge is 0.383 e. The molecule has 0 fully saturated rings. The van der Waals surface area contributed by atoms with Crippen molar-refractivity contribution in [2.24, 2.45) is 0 Å². The van der Waals surface area contributed by atoms with Crippen molar-refractivity contribution in [1.82, 2.24) is 20.1 Å². The van der Waals surface area contributed by atoms with Crippen LogP contribution in [0.4, 0.5) is 0 Å². The van der Waals surface area contributed by atoms with Gasteiger partial charge in [0.25, 0.3) is 0 Å². The first-order chi connectivity index (χ1) is 11.0. The van der Waals surface area contributed by atoms with Crippen LogP contribution in [-0.2, 0) is 16.1 Å². The maximum Gasteiger partial charge on any atom is 0.222 e. The predicted molar refractivity (Wildman–Crippen MR) is 91.7 cm³/mol. The van der Waals surface area contributed by atoms with Crippen molar-refractivity contribution in [2.45, 2.75) is 32.9 Å². The minimum atomic E-state index is -0.0344. The second-order valence-corrected chi connectivity index (χ2v) is 5.93. The lowest BCUT2D eigenvalue weighted by Gasteiger charge is -2.13. The van der Waals surface area contributed by atoms with Crippen LogP contribution in [0.3, 0.4) is 0 Å². The highest BCUT2D eigenvalue weighted by Crippen LogP contribution is 2.18. The summed E-state index contributed by atoms with van der Waals surface area (Å²) in [6, 6.07) is 8.02. The minimum Gasteiger partial charge on any atom is -0.383 e. The average Bonchev–Trinajstić information content (AvgIpc) is 2.86. The molecule has 0 aliphatic rings. The van der Waals surface area contributed by atoms with Gasteiger partial charge in [-0.25, -0.2) is 0 Å². The van der Waals surface area contributed by atoms with Crippen LogP contribution in [0.25, 0.3) is 11.4 Å². The van der Waals surface area contributed by atoms with Gasteiger partial charge in [0.1, 0.15) is 0 Å². The number of methoxy groups -OCH3 is 1. The lowest BCUT2D eigenvalue weighted by atomic mass is 10.1. The van der Waals surface area contributed by atoms with Crippen LogP contribution < -0.4 is 5.32 Å². The van der Waals surface area contributed by atoms with Crippen LogP contribution in [0.2, 0.25) is 0 Å². The van der Waals surface area contributed by atoms with E-state index >= 15 is 0 Å². The van der Waals surface area contributed by atoms with Crippen LogP contribution >= 0.6 is 12.2 Å². The molecule has 0 saturated heterocycles. The van der Waals surface area contributed by atoms with Gasteiger partial charge in [-0.15, -0.1) is 0 Å². The van der Waals surface area contributed by atoms with Crippen LogP contribution in [-0.4, -0.2) is 40.4 Å². The van der Waals surface area contributed by atoms with Crippen LogP contribution in [0.1, 0.15) is 18.9 Å². The summed E-state index contributed by atoms with van der Waals surface area (Å²) in [6.45, 7) is 4.90. The Bertz CT molecular complexity index is 723. The number of benzene rings is 1. The van der Waals surface area contributed by atoms with E-state index in [-0.39, 0.29) is 11.9 Å². The van der Waals surface area contributed by atoms with E-state index in [4.69, 9.17) is 17.0 Å². The summed E-state index contributed by atoms with van der Waals surface area (Å²) in [5.74, 6) is 0.712. The predicted octanol–water partition coefficient (Wildman–Crippen LogP) is 2.46. The molecule has 6 nitrogen and oxygen atoms in total. The molecule has 1 heterocycles. The second kappa shape index (κ2) is 8.03. The molecule has 1 amide bonds. The smallest absolute Gasteiger partial charge is 0.222 e. The Morgan fingerprint density at radius 1 is 1.52 bits per heavy atom. The number of H-pyrrole nitrogens is 1. The molecule has 23 heavy (non-hydrogen) atoms. The molecule has 0 radical (unpaired) electrons. The van der Waals surface area contributed by atoms with E-state index in [0.717, 1.165) is 17.0 Å². The van der Waals surface area contributed by atoms with Gasteiger partial charge >= 0.3 is 0 Å². The summed E-state index contributed by atoms with van der Waals surface area (Å²) >= 11 is 5.28. The summed E-state index contributed by atoms with van der Waals surface area (Å²) in [7, 11) is 1.61. The molecule has 1 atom stereocenters. The molecule has 0 saturated carbocycles. The summed E-state index contributed by atoms with van der Waals surface area (Å²) in [6.07, 6.45) is 0.334. The zero-order valence-electron chi connectivity index (χ0n) is 13.6. The molecule has 7 heteroatoms. The molecular weight excluding hydrogens is 312 g/mol. The normalized spacial score (nSPS) is 12.1. The van der Waals surface area contributed by atoms with Crippen LogP contribution in [0.15, 0.2) is 24.3 Å². The Morgan fingerprint density at radius 2 is 2.30 bits per heavy atom. The van der Waals surface area contributed by atoms with Crippen molar-refractivity contribution in [2.75, 3.05) is 13.7 Å². The van der Waals surface area contributed by atoms with Crippen molar-refractivity contribution >= 4 is 18.1 Å². The molecule has 0 aliphatic carbocycles. The van der Waals surface area contributed by atoms with E-state index in [1.54, 1.807) is 7.11 Å². The van der Waals surface area contributed by atoms with E-state index in [0.29, 0.717) is 24.3 Å². The molecule has 0 spiro atoms. The van der Waals surface area contributed by atoms with Gasteiger partial charge < -0.3 is 10.1 Å². The Morgan fingerprint density at radius 3 is 3.00 bits per heavy atom. The molecule has 2 N–H and O–H groups in total. The number of carbonyl (C=O) groups excluding carboxylic acids is 1. The fraction of sp³-hybridized carbons (Fsp3) is 0.438. The van der Waals surface area contributed by atoms with Gasteiger partial charge in [0, 0.05) is 31.7 Å². The SMILES string of the molecule is COCC(C)NC(=O)CCn1c(-c2cccc(C)c2)n[nH]c1=S. The number of nitrogens with one attached hydrogen (secondary N) is 2. The maximum absolute atomic E-state index is 12.0. The van der Waals surface area contributed by atoms with Crippen molar-refractivity contribution < 1.29 is 9.53 Å². The van der Waals surface area contributed by atoms with Gasteiger partial charge in [-0.2, -0.15) is 5.10 Å². The van der Waals surface area contributed by atoms with Crippen LogP contribution in [0.5, 0.6) is 0 Å². The monoisotopic (exact) mass is 334 g/mol. The Balaban J connectivity index is 2.08. The number of carbonyl (C=O) groups is 1. The molecule has 1 aromatic carbocycles. The number of aromatic nitrogens is 3. The summed E-state index contributed by atoms with van der Waals surface area (Å²) in [4.78, 5) is 12.0. The highest BCUT2D eigenvalue weighted by Gasteiger charge is 2.12. The Kier molecular flexibility index (Phi) is 6.06. The summed E-state index contributed by atoms with van der Waals surface area (Å²) in [5, 5.41) is 9.98. The van der Waals surface area contributed by atoms with Gasteiger partial charge in [0.2, 0.25) is 5.91 Å². The van der Waals surface area contributed by atoms with Gasteiger partial charge in [-0.3, -0.25) is 14.5 Å². The third-order valence-electron chi connectivity index (χ3n) is 3.42. The van der Waals surface area contributed by atoms with Gasteiger partial charge in [0.15, 0.2) is 10.6 Å². The third kappa shape index (κ3) is 4.74. The molecule has 2 aromatic rings. The zero-order chi connectivity index (χ0) is 16.8. The number of rotatable bonds is 7. The molecule has 1 unspecified atom stereocenters. The molecule has 1 aromatic heterocycles. The highest BCUT2D eigenvalue weighted by atomic mass is 32.1. The molecule has 0 bridgehead atoms. The van der Waals surface area contributed by atoms with Crippen molar-refractivity contribution in [3.8, 4) is 11.4 Å². The maximum atomic E-state index is 12.0. The summed E-state index contributed by atoms with van der Waals surface area (Å²) < 4.78 is 7.38. The quantitative estimate of drug-likeness (QED) is 0.763. The Labute approximate surface area is 140 Å². The number of hydrogen-bond acceptors (Lipinski definition) is 4. The van der Waals surface area contributed by atoms with E-state index < -0.39 is 0 Å². The van der Waals surface area contributed by atoms with Crippen molar-refractivity contribution in [3.63, 3.8) is 0 Å². The lowest BCUT2D eigenvalue weighted by molar-refractivity contribution is -0.122. The summed E-state index contributed by atoms with van der Waals surface area (Å²) in [5.41, 5.74) is 2.12. The van der Waals surface area contributed by atoms with E-state index in [9.17, 15) is 4.79 Å². The van der Waals surface area contributed by atoms with Gasteiger partial charge in [-0.1, -0.05) is 23.8 Å². The average molecular weight is 334 g/mol. The zero-order valence-corrected chi connectivity index (χ0v) is 14.4. The third-order valence-corrected chi connectivity index (χ3v) is 3.73. The van der Waals surface area contributed by atoms with Crippen molar-refractivity contribution in [3.05, 3.63) is 34.6 Å². The van der Waals surface area contributed by atoms with Crippen LogP contribution in [0, 0.1) is 11.7 Å². The fourth-order valence-electron chi connectivity index (χ4n) is 2.38. The van der Waals surface area contributed by atoms with Gasteiger partial charge in [0.05, 0.1) is 6.61 Å². The number of ether oxygens (including phenoxy) is 1. The van der Waals surface area contributed by atoms with Crippen molar-refractivity contribution in [1.29, 1.82) is 0 Å². The first kappa shape index (κ1) is 17.4. The molecule has 2 rings (SSSR count). The molecular formula is C16H22N4O2S. The van der Waals surface area contributed by atoms with E-state index in [1.165, 1.54) is 0 Å². The van der Waals surface area contributed by atoms with E-state index in [1.807, 2.05) is 42.7 Å². The highest BCUT2D eigenvalue weighted by molar-refractivity contribution is 7.71. The topological polar surface area (TPSA) is 71.9 Å². The number of aryl methyl sites for hydroxylation is 1. The standard InChI is InChI=1S/C16H22N4O2S/c1-11-5-4-6-13(9-11)15-18-19-16(23)20(15)8-7-14(21)17-12(2)10-22-3/h4-6,9,12H,7-8,10H2,1-3H3,(H,17,21)(H,19,23). The first-order valence-electron chi connectivity index (χ1n) is 7.52.